The van der Waals surface area contributed by atoms with Gasteiger partial charge in [-0.25, -0.2) is 9.78 Å². The van der Waals surface area contributed by atoms with Crippen LogP contribution in [0.25, 0.3) is 0 Å². The van der Waals surface area contributed by atoms with Crippen LogP contribution in [0, 0.1) is 0 Å². The van der Waals surface area contributed by atoms with Gasteiger partial charge in [0.2, 0.25) is 17.7 Å². The van der Waals surface area contributed by atoms with E-state index in [9.17, 15) is 29.4 Å². The topological polar surface area (TPSA) is 200 Å². The molecule has 3 amide bonds. The van der Waals surface area contributed by atoms with Gasteiger partial charge in [-0.3, -0.25) is 14.4 Å². The fourth-order valence-corrected chi connectivity index (χ4v) is 2.87. The Morgan fingerprint density at radius 2 is 1.61 bits per heavy atom. The molecule has 0 aliphatic heterocycles. The van der Waals surface area contributed by atoms with Crippen LogP contribution in [0.5, 0.6) is 5.75 Å². The number of benzene rings is 1. The Hall–Kier alpha value is -3.93. The molecule has 0 spiro atoms. The summed E-state index contributed by atoms with van der Waals surface area (Å²) in [6.07, 6.45) is 2.98. The van der Waals surface area contributed by atoms with Gasteiger partial charge in [0, 0.05) is 24.7 Å². The lowest BCUT2D eigenvalue weighted by Crippen LogP contribution is -2.56. The van der Waals surface area contributed by atoms with Gasteiger partial charge in [0.25, 0.3) is 0 Å². The number of aliphatic carboxylic acids is 1. The molecule has 12 heteroatoms. The number of aromatic amines is 1. The number of carboxylic acids is 1. The third-order valence-electron chi connectivity index (χ3n) is 4.77. The number of hydrogen-bond acceptors (Lipinski definition) is 7. The number of amides is 3. The first-order chi connectivity index (χ1) is 15.6. The molecular weight excluding hydrogens is 432 g/mol. The number of aromatic hydroxyl groups is 1. The highest BCUT2D eigenvalue weighted by molar-refractivity contribution is 5.94. The average molecular weight is 460 g/mol. The number of H-pyrrole nitrogens is 1. The molecule has 1 aromatic heterocycles. The number of imidazole rings is 1. The predicted octanol–water partition coefficient (Wildman–Crippen LogP) is -1.19. The van der Waals surface area contributed by atoms with Gasteiger partial charge >= 0.3 is 5.97 Å². The molecule has 4 atom stereocenters. The summed E-state index contributed by atoms with van der Waals surface area (Å²) in [7, 11) is 0. The van der Waals surface area contributed by atoms with Gasteiger partial charge in [-0.2, -0.15) is 0 Å². The Bertz CT molecular complexity index is 960. The van der Waals surface area contributed by atoms with Crippen molar-refractivity contribution >= 4 is 23.7 Å². The maximum absolute atomic E-state index is 12.8. The van der Waals surface area contributed by atoms with E-state index in [-0.39, 0.29) is 18.6 Å². The van der Waals surface area contributed by atoms with Crippen molar-refractivity contribution in [1.82, 2.24) is 25.9 Å². The smallest absolute Gasteiger partial charge is 0.326 e. The molecule has 178 valence electrons. The summed E-state index contributed by atoms with van der Waals surface area (Å²) in [6.45, 7) is 2.87. The van der Waals surface area contributed by atoms with Crippen molar-refractivity contribution in [2.75, 3.05) is 0 Å². The fourth-order valence-electron chi connectivity index (χ4n) is 2.87. The van der Waals surface area contributed by atoms with Gasteiger partial charge in [0.05, 0.1) is 12.4 Å². The van der Waals surface area contributed by atoms with Gasteiger partial charge in [-0.1, -0.05) is 12.1 Å². The zero-order valence-corrected chi connectivity index (χ0v) is 18.2. The zero-order chi connectivity index (χ0) is 24.5. The SMILES string of the molecule is CC(N)C(=O)NC(Cc1cnc[nH]1)C(=O)NC(C)C(=O)NC(Cc1ccc(O)cc1)C(=O)O. The number of hydrogen-bond donors (Lipinski definition) is 7. The Morgan fingerprint density at radius 1 is 0.970 bits per heavy atom. The first-order valence-corrected chi connectivity index (χ1v) is 10.2. The molecular formula is C21H28N6O6. The van der Waals surface area contributed by atoms with Gasteiger partial charge < -0.3 is 36.9 Å². The van der Waals surface area contributed by atoms with Crippen LogP contribution in [0.1, 0.15) is 25.1 Å². The second-order valence-corrected chi connectivity index (χ2v) is 7.63. The van der Waals surface area contributed by atoms with Crippen LogP contribution in [-0.4, -0.2) is 68.0 Å². The molecule has 0 bridgehead atoms. The Morgan fingerprint density at radius 3 is 2.15 bits per heavy atom. The predicted molar refractivity (Wildman–Crippen MR) is 117 cm³/mol. The highest BCUT2D eigenvalue weighted by Crippen LogP contribution is 2.11. The molecule has 1 heterocycles. The van der Waals surface area contributed by atoms with E-state index in [1.807, 2.05) is 0 Å². The molecule has 0 saturated carbocycles. The molecule has 0 aliphatic rings. The molecule has 0 fully saturated rings. The summed E-state index contributed by atoms with van der Waals surface area (Å²) in [5.41, 5.74) is 6.74. The van der Waals surface area contributed by atoms with E-state index in [2.05, 4.69) is 25.9 Å². The Labute approximate surface area is 190 Å². The van der Waals surface area contributed by atoms with Crippen LogP contribution in [0.3, 0.4) is 0 Å². The molecule has 8 N–H and O–H groups in total. The lowest BCUT2D eigenvalue weighted by Gasteiger charge is -2.23. The molecule has 2 aromatic rings. The van der Waals surface area contributed by atoms with Crippen LogP contribution >= 0.6 is 0 Å². The number of phenols is 1. The Kier molecular flexibility index (Phi) is 8.92. The van der Waals surface area contributed by atoms with Crippen molar-refractivity contribution in [3.63, 3.8) is 0 Å². The second-order valence-electron chi connectivity index (χ2n) is 7.63. The molecule has 12 nitrogen and oxygen atoms in total. The third-order valence-corrected chi connectivity index (χ3v) is 4.77. The summed E-state index contributed by atoms with van der Waals surface area (Å²) in [6, 6.07) is 1.69. The van der Waals surface area contributed by atoms with Crippen LogP contribution in [0.4, 0.5) is 0 Å². The van der Waals surface area contributed by atoms with Crippen molar-refractivity contribution < 1.29 is 29.4 Å². The number of nitrogens with two attached hydrogens (primary N) is 1. The van der Waals surface area contributed by atoms with Crippen molar-refractivity contribution in [2.24, 2.45) is 5.73 Å². The van der Waals surface area contributed by atoms with Gasteiger partial charge in [0.15, 0.2) is 0 Å². The van der Waals surface area contributed by atoms with E-state index in [0.29, 0.717) is 11.3 Å². The number of rotatable bonds is 11. The minimum atomic E-state index is -1.25. The lowest BCUT2D eigenvalue weighted by molar-refractivity contribution is -0.142. The molecule has 2 rings (SSSR count). The molecule has 4 unspecified atom stereocenters. The molecule has 0 radical (unpaired) electrons. The average Bonchev–Trinajstić information content (AvgIpc) is 3.27. The van der Waals surface area contributed by atoms with E-state index in [1.54, 1.807) is 12.1 Å². The fraction of sp³-hybridized carbons (Fsp3) is 0.381. The van der Waals surface area contributed by atoms with Crippen LogP contribution < -0.4 is 21.7 Å². The van der Waals surface area contributed by atoms with E-state index in [4.69, 9.17) is 5.73 Å². The Balaban J connectivity index is 2.02. The minimum absolute atomic E-state index is 0.0189. The molecule has 33 heavy (non-hydrogen) atoms. The summed E-state index contributed by atoms with van der Waals surface area (Å²) in [4.78, 5) is 55.6. The number of nitrogens with one attached hydrogen (secondary N) is 4. The maximum Gasteiger partial charge on any atom is 0.326 e. The summed E-state index contributed by atoms with van der Waals surface area (Å²) in [5.74, 6) is -3.13. The molecule has 0 aliphatic carbocycles. The number of carbonyl (C=O) groups excluding carboxylic acids is 3. The molecule has 0 saturated heterocycles. The molecule has 1 aromatic carbocycles. The van der Waals surface area contributed by atoms with E-state index in [0.717, 1.165) is 0 Å². The normalized spacial score (nSPS) is 14.4. The first-order valence-electron chi connectivity index (χ1n) is 10.2. The van der Waals surface area contributed by atoms with Crippen LogP contribution in [0.15, 0.2) is 36.8 Å². The van der Waals surface area contributed by atoms with Crippen molar-refractivity contribution in [2.45, 2.75) is 50.9 Å². The largest absolute Gasteiger partial charge is 0.508 e. The van der Waals surface area contributed by atoms with Gasteiger partial charge in [0.1, 0.15) is 23.9 Å². The van der Waals surface area contributed by atoms with Crippen LogP contribution in [0.2, 0.25) is 0 Å². The van der Waals surface area contributed by atoms with Crippen molar-refractivity contribution in [1.29, 1.82) is 0 Å². The summed E-state index contributed by atoms with van der Waals surface area (Å²) >= 11 is 0. The number of carboxylic acid groups (broad SMARTS) is 1. The number of nitrogens with zero attached hydrogens (tertiary/aromatic N) is 1. The van der Waals surface area contributed by atoms with E-state index < -0.39 is 47.9 Å². The minimum Gasteiger partial charge on any atom is -0.508 e. The first kappa shape index (κ1) is 25.3. The number of aromatic nitrogens is 2. The highest BCUT2D eigenvalue weighted by atomic mass is 16.4. The van der Waals surface area contributed by atoms with Crippen molar-refractivity contribution in [3.8, 4) is 5.75 Å². The standard InChI is InChI=1S/C21H28N6O6/c1-11(22)18(29)26-16(8-14-9-23-10-24-14)20(31)25-12(2)19(30)27-17(21(32)33)7-13-3-5-15(28)6-4-13/h3-6,9-12,16-17,28H,7-8,22H2,1-2H3,(H,23,24)(H,25,31)(H,26,29)(H,27,30)(H,32,33). The lowest BCUT2D eigenvalue weighted by atomic mass is 10.1. The second kappa shape index (κ2) is 11.6. The van der Waals surface area contributed by atoms with E-state index >= 15 is 0 Å². The number of phenolic OH excluding ortho intramolecular Hbond substituents is 1. The maximum atomic E-state index is 12.8. The summed E-state index contributed by atoms with van der Waals surface area (Å²) in [5, 5.41) is 26.2. The number of carbonyl (C=O) groups is 4. The van der Waals surface area contributed by atoms with Crippen LogP contribution in [-0.2, 0) is 32.0 Å². The quantitative estimate of drug-likeness (QED) is 0.217. The highest BCUT2D eigenvalue weighted by Gasteiger charge is 2.28. The monoisotopic (exact) mass is 460 g/mol. The van der Waals surface area contributed by atoms with Crippen molar-refractivity contribution in [3.05, 3.63) is 48.0 Å². The third kappa shape index (κ3) is 7.92. The summed E-state index contributed by atoms with van der Waals surface area (Å²) < 4.78 is 0. The van der Waals surface area contributed by atoms with Gasteiger partial charge in [-0.15, -0.1) is 0 Å². The zero-order valence-electron chi connectivity index (χ0n) is 18.2. The van der Waals surface area contributed by atoms with E-state index in [1.165, 1.54) is 38.5 Å². The van der Waals surface area contributed by atoms with Gasteiger partial charge in [-0.05, 0) is 31.5 Å².